The Bertz CT molecular complexity index is 1240. The molecule has 1 aliphatic rings. The Balaban J connectivity index is 1.48. The molecule has 7 nitrogen and oxygen atoms in total. The molecule has 0 spiro atoms. The summed E-state index contributed by atoms with van der Waals surface area (Å²) >= 11 is 5.88. The smallest absolute Gasteiger partial charge is 0.322 e. The number of amides is 3. The first-order valence-corrected chi connectivity index (χ1v) is 10.8. The Morgan fingerprint density at radius 3 is 2.52 bits per heavy atom. The predicted molar refractivity (Wildman–Crippen MR) is 125 cm³/mol. The normalized spacial score (nSPS) is 17.6. The van der Waals surface area contributed by atoms with Gasteiger partial charge in [-0.2, -0.15) is 0 Å². The molecule has 2 N–H and O–H groups in total. The number of aromatic nitrogens is 1. The molecule has 0 unspecified atom stereocenters. The lowest BCUT2D eigenvalue weighted by molar-refractivity contribution is -0.119. The van der Waals surface area contributed by atoms with Crippen LogP contribution >= 0.6 is 11.6 Å². The van der Waals surface area contributed by atoms with Gasteiger partial charge in [-0.05, 0) is 54.8 Å². The van der Waals surface area contributed by atoms with E-state index in [1.807, 2.05) is 6.92 Å². The van der Waals surface area contributed by atoms with Crippen LogP contribution in [0.5, 0.6) is 0 Å². The quantitative estimate of drug-likeness (QED) is 0.591. The maximum atomic E-state index is 14.7. The number of hydrogen-bond donors (Lipinski definition) is 2. The van der Waals surface area contributed by atoms with Crippen LogP contribution in [-0.2, 0) is 4.79 Å². The zero-order valence-corrected chi connectivity index (χ0v) is 18.6. The zero-order valence-electron chi connectivity index (χ0n) is 17.8. The Morgan fingerprint density at radius 1 is 1.06 bits per heavy atom. The first-order chi connectivity index (χ1) is 15.8. The van der Waals surface area contributed by atoms with Crippen molar-refractivity contribution in [3.05, 3.63) is 88.1 Å². The number of halogens is 2. The number of carbonyl (C=O) groups is 2. The average molecular weight is 469 g/mol. The molecule has 2 heterocycles. The molecule has 0 bridgehead atoms. The summed E-state index contributed by atoms with van der Waals surface area (Å²) in [4.78, 5) is 39.2. The van der Waals surface area contributed by atoms with E-state index < -0.39 is 23.8 Å². The van der Waals surface area contributed by atoms with E-state index in [1.54, 1.807) is 42.5 Å². The molecule has 2 aromatic carbocycles. The fourth-order valence-corrected chi connectivity index (χ4v) is 3.99. The van der Waals surface area contributed by atoms with Crippen molar-refractivity contribution in [1.29, 1.82) is 0 Å². The topological polar surface area (TPSA) is 83.4 Å². The Hall–Kier alpha value is -3.65. The number of carbonyl (C=O) groups excluding carboxylic acids is 2. The Morgan fingerprint density at radius 2 is 1.82 bits per heavy atom. The minimum atomic E-state index is -0.747. The van der Waals surface area contributed by atoms with Gasteiger partial charge in [0.25, 0.3) is 5.56 Å². The van der Waals surface area contributed by atoms with Crippen LogP contribution in [0.25, 0.3) is 5.69 Å². The zero-order chi connectivity index (χ0) is 23.5. The van der Waals surface area contributed by atoms with Gasteiger partial charge in [0, 0.05) is 35.6 Å². The van der Waals surface area contributed by atoms with Crippen LogP contribution in [0.1, 0.15) is 13.3 Å². The molecule has 3 aromatic rings. The van der Waals surface area contributed by atoms with Crippen LogP contribution < -0.4 is 16.2 Å². The minimum Gasteiger partial charge on any atom is -0.322 e. The van der Waals surface area contributed by atoms with Crippen molar-refractivity contribution >= 4 is 34.9 Å². The van der Waals surface area contributed by atoms with Crippen molar-refractivity contribution in [2.75, 3.05) is 17.2 Å². The minimum absolute atomic E-state index is 0.0228. The maximum Gasteiger partial charge on any atom is 0.322 e. The summed E-state index contributed by atoms with van der Waals surface area (Å²) in [5.74, 6) is -1.05. The molecule has 2 atom stereocenters. The third-order valence-corrected chi connectivity index (χ3v) is 5.73. The summed E-state index contributed by atoms with van der Waals surface area (Å²) < 4.78 is 16.0. The van der Waals surface area contributed by atoms with Gasteiger partial charge < -0.3 is 15.5 Å². The molecule has 4 rings (SSSR count). The number of hydrogen-bond acceptors (Lipinski definition) is 3. The van der Waals surface area contributed by atoms with Crippen LogP contribution in [0.3, 0.4) is 0 Å². The van der Waals surface area contributed by atoms with Gasteiger partial charge in [-0.1, -0.05) is 24.6 Å². The number of anilines is 2. The molecular formula is C24H22ClFN4O3. The largest absolute Gasteiger partial charge is 0.322 e. The number of urea groups is 1. The molecule has 3 amide bonds. The second kappa shape index (κ2) is 9.46. The SMILES string of the molecule is C[C@@H]1C[C@H](C(=O)Nc2ccc(-n3ccccc3=O)cc2F)N(C(=O)Nc2ccc(Cl)cc2)C1. The highest BCUT2D eigenvalue weighted by Gasteiger charge is 2.38. The number of pyridine rings is 1. The van der Waals surface area contributed by atoms with E-state index >= 15 is 0 Å². The van der Waals surface area contributed by atoms with Crippen LogP contribution in [0.15, 0.2) is 71.7 Å². The fourth-order valence-electron chi connectivity index (χ4n) is 3.86. The van der Waals surface area contributed by atoms with E-state index in [9.17, 15) is 18.8 Å². The first-order valence-electron chi connectivity index (χ1n) is 10.4. The van der Waals surface area contributed by atoms with E-state index in [-0.39, 0.29) is 17.2 Å². The third kappa shape index (κ3) is 5.06. The van der Waals surface area contributed by atoms with E-state index in [0.29, 0.717) is 29.4 Å². The maximum absolute atomic E-state index is 14.7. The molecule has 1 aliphatic heterocycles. The van der Waals surface area contributed by atoms with Crippen molar-refractivity contribution in [2.24, 2.45) is 5.92 Å². The van der Waals surface area contributed by atoms with E-state index in [4.69, 9.17) is 11.6 Å². The van der Waals surface area contributed by atoms with Gasteiger partial charge in [-0.15, -0.1) is 0 Å². The molecule has 0 radical (unpaired) electrons. The van der Waals surface area contributed by atoms with Crippen LogP contribution in [0.4, 0.5) is 20.6 Å². The van der Waals surface area contributed by atoms with Crippen LogP contribution in [0.2, 0.25) is 5.02 Å². The molecule has 0 aliphatic carbocycles. The van der Waals surface area contributed by atoms with Gasteiger partial charge in [-0.25, -0.2) is 9.18 Å². The van der Waals surface area contributed by atoms with Crippen LogP contribution in [-0.4, -0.2) is 34.0 Å². The summed E-state index contributed by atoms with van der Waals surface area (Å²) in [6.07, 6.45) is 1.99. The van der Waals surface area contributed by atoms with E-state index in [1.165, 1.54) is 33.9 Å². The molecule has 1 aromatic heterocycles. The first kappa shape index (κ1) is 22.5. The highest BCUT2D eigenvalue weighted by atomic mass is 35.5. The lowest BCUT2D eigenvalue weighted by Crippen LogP contribution is -2.45. The molecular weight excluding hydrogens is 447 g/mol. The third-order valence-electron chi connectivity index (χ3n) is 5.48. The second-order valence-corrected chi connectivity index (χ2v) is 8.44. The Kier molecular flexibility index (Phi) is 6.46. The summed E-state index contributed by atoms with van der Waals surface area (Å²) in [7, 11) is 0. The number of nitrogens with zero attached hydrogens (tertiary/aromatic N) is 2. The summed E-state index contributed by atoms with van der Waals surface area (Å²) in [6.45, 7) is 2.35. The number of benzene rings is 2. The summed E-state index contributed by atoms with van der Waals surface area (Å²) in [5.41, 5.74) is 0.580. The van der Waals surface area contributed by atoms with Crippen molar-refractivity contribution in [3.8, 4) is 5.69 Å². The predicted octanol–water partition coefficient (Wildman–Crippen LogP) is 4.51. The van der Waals surface area contributed by atoms with Crippen LogP contribution in [0, 0.1) is 11.7 Å². The van der Waals surface area contributed by atoms with Crippen molar-refractivity contribution in [2.45, 2.75) is 19.4 Å². The number of nitrogens with one attached hydrogen (secondary N) is 2. The number of rotatable bonds is 4. The molecule has 0 saturated carbocycles. The highest BCUT2D eigenvalue weighted by Crippen LogP contribution is 2.26. The van der Waals surface area contributed by atoms with Crippen molar-refractivity contribution < 1.29 is 14.0 Å². The molecule has 9 heteroatoms. The Labute approximate surface area is 194 Å². The van der Waals surface area contributed by atoms with Gasteiger partial charge in [0.2, 0.25) is 5.91 Å². The lowest BCUT2D eigenvalue weighted by atomic mass is 10.1. The fraction of sp³-hybridized carbons (Fsp3) is 0.208. The van der Waals surface area contributed by atoms with Crippen molar-refractivity contribution in [3.63, 3.8) is 0 Å². The van der Waals surface area contributed by atoms with E-state index in [2.05, 4.69) is 10.6 Å². The molecule has 33 heavy (non-hydrogen) atoms. The van der Waals surface area contributed by atoms with Gasteiger partial charge in [0.1, 0.15) is 11.9 Å². The second-order valence-electron chi connectivity index (χ2n) is 8.01. The lowest BCUT2D eigenvalue weighted by Gasteiger charge is -2.24. The highest BCUT2D eigenvalue weighted by molar-refractivity contribution is 6.30. The molecule has 170 valence electrons. The van der Waals surface area contributed by atoms with E-state index in [0.717, 1.165) is 0 Å². The summed E-state index contributed by atoms with van der Waals surface area (Å²) in [5, 5.41) is 5.89. The number of likely N-dealkylation sites (tertiary alicyclic amines) is 1. The standard InChI is InChI=1S/C24H22ClFN4O3/c1-15-12-21(30(14-15)24(33)27-17-7-5-16(25)6-8-17)23(32)28-20-10-9-18(13-19(20)26)29-11-3-2-4-22(29)31/h2-11,13,15,21H,12,14H2,1H3,(H,27,33)(H,28,32)/t15-,21-/m1/s1. The molecule has 1 fully saturated rings. The van der Waals surface area contributed by atoms with Gasteiger partial charge in [-0.3, -0.25) is 14.2 Å². The molecule has 1 saturated heterocycles. The summed E-state index contributed by atoms with van der Waals surface area (Å²) in [6, 6.07) is 14.3. The monoisotopic (exact) mass is 468 g/mol. The average Bonchev–Trinajstić information content (AvgIpc) is 3.19. The van der Waals surface area contributed by atoms with Gasteiger partial charge in [0.05, 0.1) is 11.4 Å². The van der Waals surface area contributed by atoms with Gasteiger partial charge in [0.15, 0.2) is 0 Å². The van der Waals surface area contributed by atoms with Crippen molar-refractivity contribution in [1.82, 2.24) is 9.47 Å². The van der Waals surface area contributed by atoms with Gasteiger partial charge >= 0.3 is 6.03 Å².